The summed E-state index contributed by atoms with van der Waals surface area (Å²) in [5, 5.41) is 0. The topological polar surface area (TPSA) is 34.1 Å². The molecule has 0 atom stereocenters. The quantitative estimate of drug-likeness (QED) is 0.496. The van der Waals surface area contributed by atoms with Crippen molar-refractivity contribution in [2.75, 3.05) is 0 Å². The summed E-state index contributed by atoms with van der Waals surface area (Å²) in [6, 6.07) is 9.05. The first-order chi connectivity index (χ1) is 5.88. The van der Waals surface area contributed by atoms with E-state index in [1.54, 1.807) is 18.1 Å². The SMILES string of the molecule is O=C=C(CC=O)c1ccccc1. The van der Waals surface area contributed by atoms with Gasteiger partial charge in [0, 0.05) is 6.42 Å². The lowest BCUT2D eigenvalue weighted by molar-refractivity contribution is -0.107. The van der Waals surface area contributed by atoms with E-state index in [9.17, 15) is 9.59 Å². The highest BCUT2D eigenvalue weighted by Gasteiger charge is 1.99. The zero-order chi connectivity index (χ0) is 8.81. The van der Waals surface area contributed by atoms with Crippen LogP contribution in [0.15, 0.2) is 30.3 Å². The Morgan fingerprint density at radius 2 is 2.00 bits per heavy atom. The number of carbonyl (C=O) groups is 1. The molecule has 0 heterocycles. The Bertz CT molecular complexity index is 308. The van der Waals surface area contributed by atoms with E-state index in [-0.39, 0.29) is 6.42 Å². The smallest absolute Gasteiger partial charge is 0.129 e. The van der Waals surface area contributed by atoms with Gasteiger partial charge in [0.1, 0.15) is 12.2 Å². The van der Waals surface area contributed by atoms with Crippen LogP contribution in [-0.4, -0.2) is 12.2 Å². The van der Waals surface area contributed by atoms with Crippen molar-refractivity contribution in [2.45, 2.75) is 6.42 Å². The molecule has 0 radical (unpaired) electrons. The molecule has 0 bridgehead atoms. The second kappa shape index (κ2) is 4.27. The van der Waals surface area contributed by atoms with E-state index in [1.807, 2.05) is 18.2 Å². The van der Waals surface area contributed by atoms with E-state index in [0.29, 0.717) is 11.9 Å². The normalized spacial score (nSPS) is 8.67. The monoisotopic (exact) mass is 160 g/mol. The van der Waals surface area contributed by atoms with Crippen molar-refractivity contribution >= 4 is 17.8 Å². The second-order valence-electron chi connectivity index (χ2n) is 2.32. The Kier molecular flexibility index (Phi) is 3.00. The molecule has 0 saturated heterocycles. The fraction of sp³-hybridized carbons (Fsp3) is 0.100. The second-order valence-corrected chi connectivity index (χ2v) is 2.32. The van der Waals surface area contributed by atoms with Crippen LogP contribution in [0.4, 0.5) is 0 Å². The molecule has 0 spiro atoms. The number of hydrogen-bond acceptors (Lipinski definition) is 2. The van der Waals surface area contributed by atoms with Crippen molar-refractivity contribution in [2.24, 2.45) is 0 Å². The van der Waals surface area contributed by atoms with Crippen molar-refractivity contribution in [3.05, 3.63) is 35.9 Å². The van der Waals surface area contributed by atoms with Gasteiger partial charge in [0.05, 0.1) is 5.57 Å². The van der Waals surface area contributed by atoms with Crippen LogP contribution in [0.3, 0.4) is 0 Å². The van der Waals surface area contributed by atoms with Crippen molar-refractivity contribution in [3.8, 4) is 0 Å². The van der Waals surface area contributed by atoms with Gasteiger partial charge in [-0.3, -0.25) is 0 Å². The molecule has 1 rings (SSSR count). The average molecular weight is 160 g/mol. The maximum atomic E-state index is 10.4. The van der Waals surface area contributed by atoms with Gasteiger partial charge in [-0.25, -0.2) is 4.79 Å². The Morgan fingerprint density at radius 1 is 1.33 bits per heavy atom. The molecule has 0 amide bonds. The summed E-state index contributed by atoms with van der Waals surface area (Å²) in [7, 11) is 0. The fourth-order valence-corrected chi connectivity index (χ4v) is 0.941. The minimum atomic E-state index is 0.132. The summed E-state index contributed by atoms with van der Waals surface area (Å²) < 4.78 is 0. The van der Waals surface area contributed by atoms with Crippen LogP contribution in [0.2, 0.25) is 0 Å². The van der Waals surface area contributed by atoms with Crippen molar-refractivity contribution < 1.29 is 9.59 Å². The molecule has 0 fully saturated rings. The molecular formula is C10H8O2. The molecule has 0 aliphatic rings. The van der Waals surface area contributed by atoms with E-state index in [0.717, 1.165) is 5.56 Å². The van der Waals surface area contributed by atoms with Gasteiger partial charge in [-0.1, -0.05) is 30.3 Å². The molecule has 2 heteroatoms. The van der Waals surface area contributed by atoms with Gasteiger partial charge in [0.2, 0.25) is 0 Å². The zero-order valence-electron chi connectivity index (χ0n) is 6.49. The van der Waals surface area contributed by atoms with Crippen molar-refractivity contribution in [3.63, 3.8) is 0 Å². The molecule has 0 unspecified atom stereocenters. The van der Waals surface area contributed by atoms with Crippen LogP contribution in [-0.2, 0) is 9.59 Å². The largest absolute Gasteiger partial charge is 0.303 e. The van der Waals surface area contributed by atoms with Crippen molar-refractivity contribution in [1.29, 1.82) is 0 Å². The lowest BCUT2D eigenvalue weighted by Gasteiger charge is -1.96. The summed E-state index contributed by atoms with van der Waals surface area (Å²) >= 11 is 0. The minimum absolute atomic E-state index is 0.132. The third-order valence-electron chi connectivity index (χ3n) is 1.53. The standard InChI is InChI=1S/C10H8O2/c11-7-6-10(8-12)9-4-2-1-3-5-9/h1-5,7H,6H2. The number of carbonyl (C=O) groups excluding carboxylic acids is 2. The van der Waals surface area contributed by atoms with Crippen molar-refractivity contribution in [1.82, 2.24) is 0 Å². The third kappa shape index (κ3) is 1.91. The zero-order valence-corrected chi connectivity index (χ0v) is 6.49. The minimum Gasteiger partial charge on any atom is -0.303 e. The number of aldehydes is 1. The van der Waals surface area contributed by atoms with Gasteiger partial charge in [-0.2, -0.15) is 0 Å². The summed E-state index contributed by atoms with van der Waals surface area (Å²) in [5.41, 5.74) is 1.17. The van der Waals surface area contributed by atoms with Crippen LogP contribution >= 0.6 is 0 Å². The van der Waals surface area contributed by atoms with Gasteiger partial charge in [0.15, 0.2) is 0 Å². The molecule has 12 heavy (non-hydrogen) atoms. The van der Waals surface area contributed by atoms with E-state index < -0.39 is 0 Å². The summed E-state index contributed by atoms with van der Waals surface area (Å²) in [6.45, 7) is 0. The van der Waals surface area contributed by atoms with Crippen LogP contribution in [0.25, 0.3) is 5.57 Å². The molecule has 0 aliphatic heterocycles. The number of rotatable bonds is 3. The first-order valence-electron chi connectivity index (χ1n) is 3.61. The van der Waals surface area contributed by atoms with Crippen LogP contribution in [0, 0.1) is 0 Å². The summed E-state index contributed by atoms with van der Waals surface area (Å²) in [4.78, 5) is 20.5. The number of allylic oxidation sites excluding steroid dienone is 1. The lowest BCUT2D eigenvalue weighted by atomic mass is 10.1. The summed E-state index contributed by atoms with van der Waals surface area (Å²) in [6.07, 6.45) is 0.834. The highest BCUT2D eigenvalue weighted by atomic mass is 16.1. The van der Waals surface area contributed by atoms with E-state index in [1.165, 1.54) is 0 Å². The molecule has 2 nitrogen and oxygen atoms in total. The lowest BCUT2D eigenvalue weighted by Crippen LogP contribution is -1.85. The molecule has 0 aliphatic carbocycles. The molecule has 0 aromatic heterocycles. The predicted octanol–water partition coefficient (Wildman–Crippen LogP) is 1.49. The number of hydrogen-bond donors (Lipinski definition) is 0. The fourth-order valence-electron chi connectivity index (χ4n) is 0.941. The van der Waals surface area contributed by atoms with Gasteiger partial charge >= 0.3 is 0 Å². The Balaban J connectivity index is 2.96. The van der Waals surface area contributed by atoms with Crippen LogP contribution in [0.1, 0.15) is 12.0 Å². The molecule has 1 aromatic rings. The maximum Gasteiger partial charge on any atom is 0.129 e. The molecule has 0 saturated carbocycles. The van der Waals surface area contributed by atoms with E-state index in [2.05, 4.69) is 0 Å². The Hall–Kier alpha value is -1.66. The molecule has 0 N–H and O–H groups in total. The van der Waals surface area contributed by atoms with Gasteiger partial charge in [-0.15, -0.1) is 0 Å². The third-order valence-corrected chi connectivity index (χ3v) is 1.53. The highest BCUT2D eigenvalue weighted by molar-refractivity contribution is 5.92. The van der Waals surface area contributed by atoms with Gasteiger partial charge < -0.3 is 4.79 Å². The summed E-state index contributed by atoms with van der Waals surface area (Å²) in [5.74, 6) is 1.75. The first kappa shape index (κ1) is 8.44. The van der Waals surface area contributed by atoms with E-state index >= 15 is 0 Å². The Labute approximate surface area is 70.5 Å². The van der Waals surface area contributed by atoms with Crippen LogP contribution < -0.4 is 0 Å². The molecular weight excluding hydrogens is 152 g/mol. The predicted molar refractivity (Wildman–Crippen MR) is 46.2 cm³/mol. The first-order valence-corrected chi connectivity index (χ1v) is 3.61. The molecule has 1 aromatic carbocycles. The van der Waals surface area contributed by atoms with Crippen LogP contribution in [0.5, 0.6) is 0 Å². The Morgan fingerprint density at radius 3 is 2.50 bits per heavy atom. The maximum absolute atomic E-state index is 10.4. The average Bonchev–Trinajstić information content (AvgIpc) is 2.15. The van der Waals surface area contributed by atoms with E-state index in [4.69, 9.17) is 0 Å². The highest BCUT2D eigenvalue weighted by Crippen LogP contribution is 2.12. The van der Waals surface area contributed by atoms with Gasteiger partial charge in [0.25, 0.3) is 0 Å². The van der Waals surface area contributed by atoms with Gasteiger partial charge in [-0.05, 0) is 5.56 Å². The number of benzene rings is 1. The molecule has 60 valence electrons.